The summed E-state index contributed by atoms with van der Waals surface area (Å²) in [5, 5.41) is 14.5. The number of Topliss-reactive ketones (excluding diaryl/α,β-unsaturated/α-hetero) is 1. The lowest BCUT2D eigenvalue weighted by Gasteiger charge is -2.12. The number of para-hydroxylation sites is 3. The van der Waals surface area contributed by atoms with Crippen molar-refractivity contribution in [3.63, 3.8) is 0 Å². The number of hydrogen-bond acceptors (Lipinski definition) is 7. The van der Waals surface area contributed by atoms with Gasteiger partial charge in [0, 0.05) is 17.3 Å². The summed E-state index contributed by atoms with van der Waals surface area (Å²) >= 11 is 6.05. The number of nitrogens with zero attached hydrogens (tertiary/aromatic N) is 1. The molecule has 0 bridgehead atoms. The van der Waals surface area contributed by atoms with Crippen molar-refractivity contribution in [1.29, 1.82) is 0 Å². The van der Waals surface area contributed by atoms with Gasteiger partial charge in [0.1, 0.15) is 5.75 Å². The number of carbonyl (C=O) groups is 2. The summed E-state index contributed by atoms with van der Waals surface area (Å²) in [6.45, 7) is -0.464. The molecule has 0 aliphatic rings. The topological polar surface area (TPSA) is 108 Å². The number of nitro groups is 1. The van der Waals surface area contributed by atoms with Gasteiger partial charge in [-0.2, -0.15) is 0 Å². The van der Waals surface area contributed by atoms with Gasteiger partial charge in [0.2, 0.25) is 5.75 Å². The molecule has 0 atom stereocenters. The van der Waals surface area contributed by atoms with Crippen molar-refractivity contribution in [3.8, 4) is 11.5 Å². The number of nitrogens with one attached hydrogen (secondary N) is 1. The van der Waals surface area contributed by atoms with Crippen molar-refractivity contribution in [2.24, 2.45) is 0 Å². The molecule has 1 N–H and O–H groups in total. The molecule has 0 radical (unpaired) electrons. The van der Waals surface area contributed by atoms with E-state index in [0.29, 0.717) is 11.3 Å². The number of anilines is 2. The normalized spacial score (nSPS) is 10.4. The highest BCUT2D eigenvalue weighted by Gasteiger charge is 2.20. The fourth-order valence-corrected chi connectivity index (χ4v) is 3.52. The van der Waals surface area contributed by atoms with E-state index < -0.39 is 23.3 Å². The molecule has 4 aromatic rings. The van der Waals surface area contributed by atoms with Gasteiger partial charge < -0.3 is 14.8 Å². The lowest BCUT2D eigenvalue weighted by atomic mass is 10.1. The number of ketones is 1. The van der Waals surface area contributed by atoms with Crippen LogP contribution in [0.4, 0.5) is 17.1 Å². The van der Waals surface area contributed by atoms with E-state index in [2.05, 4.69) is 5.32 Å². The number of nitro benzene ring substituents is 1. The van der Waals surface area contributed by atoms with Gasteiger partial charge in [-0.25, -0.2) is 4.79 Å². The molecule has 0 fully saturated rings. The molecule has 0 aromatic heterocycles. The molecule has 0 spiro atoms. The molecule has 0 aliphatic heterocycles. The Hall–Kier alpha value is -4.69. The van der Waals surface area contributed by atoms with Crippen molar-refractivity contribution in [2.75, 3.05) is 11.9 Å². The summed E-state index contributed by atoms with van der Waals surface area (Å²) in [6.07, 6.45) is 0. The van der Waals surface area contributed by atoms with Crippen LogP contribution >= 0.6 is 11.6 Å². The van der Waals surface area contributed by atoms with E-state index in [0.717, 1.165) is 5.69 Å². The molecule has 8 nitrogen and oxygen atoms in total. The number of hydrogen-bond donors (Lipinski definition) is 1. The number of carbonyl (C=O) groups excluding carboxylic acids is 2. The molecule has 0 unspecified atom stereocenters. The van der Waals surface area contributed by atoms with Crippen LogP contribution in [0.25, 0.3) is 0 Å². The van der Waals surface area contributed by atoms with E-state index in [1.165, 1.54) is 42.5 Å². The van der Waals surface area contributed by atoms with Crippen molar-refractivity contribution in [3.05, 3.63) is 123 Å². The Bertz CT molecular complexity index is 1410. The first-order valence-corrected chi connectivity index (χ1v) is 11.1. The van der Waals surface area contributed by atoms with Crippen LogP contribution in [0, 0.1) is 10.1 Å². The number of ether oxygens (including phenoxy) is 2. The lowest BCUT2D eigenvalue weighted by Crippen LogP contribution is -2.15. The Morgan fingerprint density at radius 1 is 0.861 bits per heavy atom. The third-order valence-electron chi connectivity index (χ3n) is 5.07. The first kappa shape index (κ1) is 24.4. The Balaban J connectivity index is 1.40. The molecule has 9 heteroatoms. The van der Waals surface area contributed by atoms with Gasteiger partial charge in [0.05, 0.1) is 21.2 Å². The number of benzene rings is 4. The molecule has 0 amide bonds. The number of esters is 1. The highest BCUT2D eigenvalue weighted by Crippen LogP contribution is 2.37. The van der Waals surface area contributed by atoms with Crippen molar-refractivity contribution in [2.45, 2.75) is 0 Å². The van der Waals surface area contributed by atoms with Crippen LogP contribution in [-0.4, -0.2) is 23.3 Å². The zero-order chi connectivity index (χ0) is 25.5. The van der Waals surface area contributed by atoms with Crippen LogP contribution in [0.3, 0.4) is 0 Å². The van der Waals surface area contributed by atoms with Gasteiger partial charge in [0.15, 0.2) is 12.4 Å². The summed E-state index contributed by atoms with van der Waals surface area (Å²) in [6, 6.07) is 26.3. The van der Waals surface area contributed by atoms with Gasteiger partial charge in [-0.1, -0.05) is 48.0 Å². The number of halogens is 1. The fourth-order valence-electron chi connectivity index (χ4n) is 3.31. The van der Waals surface area contributed by atoms with Crippen LogP contribution in [-0.2, 0) is 4.74 Å². The first-order chi connectivity index (χ1) is 17.4. The van der Waals surface area contributed by atoms with E-state index in [9.17, 15) is 19.7 Å². The molecular weight excluding hydrogens is 484 g/mol. The fraction of sp³-hybridized carbons (Fsp3) is 0.0370. The van der Waals surface area contributed by atoms with Crippen LogP contribution in [0.5, 0.6) is 11.5 Å². The molecule has 4 rings (SSSR count). The highest BCUT2D eigenvalue weighted by molar-refractivity contribution is 6.32. The smallest absolute Gasteiger partial charge is 0.340 e. The average Bonchev–Trinajstić information content (AvgIpc) is 2.89. The zero-order valence-corrected chi connectivity index (χ0v) is 19.5. The molecule has 4 aromatic carbocycles. The van der Waals surface area contributed by atoms with Gasteiger partial charge in [-0.3, -0.25) is 14.9 Å². The van der Waals surface area contributed by atoms with Gasteiger partial charge >= 0.3 is 11.7 Å². The summed E-state index contributed by atoms with van der Waals surface area (Å²) < 4.78 is 10.8. The van der Waals surface area contributed by atoms with Crippen LogP contribution in [0.1, 0.15) is 20.7 Å². The lowest BCUT2D eigenvalue weighted by molar-refractivity contribution is -0.385. The van der Waals surface area contributed by atoms with E-state index in [1.54, 1.807) is 24.3 Å². The largest absolute Gasteiger partial charge is 0.454 e. The highest BCUT2D eigenvalue weighted by atomic mass is 35.5. The molecule has 180 valence electrons. The average molecular weight is 503 g/mol. The maximum Gasteiger partial charge on any atom is 0.340 e. The minimum Gasteiger partial charge on any atom is -0.454 e. The number of rotatable bonds is 9. The zero-order valence-electron chi connectivity index (χ0n) is 18.7. The van der Waals surface area contributed by atoms with Crippen LogP contribution < -0.4 is 10.1 Å². The molecule has 36 heavy (non-hydrogen) atoms. The van der Waals surface area contributed by atoms with E-state index >= 15 is 0 Å². The summed E-state index contributed by atoms with van der Waals surface area (Å²) in [5.41, 5.74) is 1.64. The van der Waals surface area contributed by atoms with Crippen molar-refractivity contribution in [1.82, 2.24) is 0 Å². The quantitative estimate of drug-likeness (QED) is 0.116. The SMILES string of the molecule is O=C(COC(=O)c1ccccc1Nc1ccccc1)c1ccc(Oc2c(Cl)cccc2[N+](=O)[O-])cc1. The monoisotopic (exact) mass is 502 g/mol. The van der Waals surface area contributed by atoms with Gasteiger partial charge in [-0.05, 0) is 54.6 Å². The molecular formula is C27H19ClN2O6. The third-order valence-corrected chi connectivity index (χ3v) is 5.37. The maximum absolute atomic E-state index is 12.7. The standard InChI is InChI=1S/C27H19ClN2O6/c28-22-10-6-12-24(30(33)34)26(22)36-20-15-13-18(14-16-20)25(31)17-35-27(32)21-9-4-5-11-23(21)29-19-7-2-1-3-8-19/h1-16,29H,17H2. The summed E-state index contributed by atoms with van der Waals surface area (Å²) in [5.74, 6) is -0.916. The van der Waals surface area contributed by atoms with E-state index in [4.69, 9.17) is 21.1 Å². The first-order valence-electron chi connectivity index (χ1n) is 10.7. The second kappa shape index (κ2) is 11.2. The predicted molar refractivity (Wildman–Crippen MR) is 135 cm³/mol. The maximum atomic E-state index is 12.7. The van der Waals surface area contributed by atoms with Gasteiger partial charge in [0.25, 0.3) is 0 Å². The van der Waals surface area contributed by atoms with Crippen LogP contribution in [0.15, 0.2) is 97.1 Å². The summed E-state index contributed by atoms with van der Waals surface area (Å²) in [4.78, 5) is 35.9. The third kappa shape index (κ3) is 5.86. The minimum absolute atomic E-state index is 0.0818. The molecule has 0 heterocycles. The minimum atomic E-state index is -0.645. The van der Waals surface area contributed by atoms with E-state index in [1.807, 2.05) is 30.3 Å². The Morgan fingerprint density at radius 2 is 1.56 bits per heavy atom. The Morgan fingerprint density at radius 3 is 2.28 bits per heavy atom. The van der Waals surface area contributed by atoms with Crippen LogP contribution in [0.2, 0.25) is 5.02 Å². The molecule has 0 saturated carbocycles. The summed E-state index contributed by atoms with van der Waals surface area (Å²) in [7, 11) is 0. The second-order valence-corrected chi connectivity index (χ2v) is 7.91. The van der Waals surface area contributed by atoms with Crippen molar-refractivity contribution >= 4 is 40.4 Å². The molecule has 0 aliphatic carbocycles. The van der Waals surface area contributed by atoms with E-state index in [-0.39, 0.29) is 27.8 Å². The van der Waals surface area contributed by atoms with Gasteiger partial charge in [-0.15, -0.1) is 0 Å². The second-order valence-electron chi connectivity index (χ2n) is 7.51. The Labute approximate surface area is 211 Å². The Kier molecular flexibility index (Phi) is 7.57. The van der Waals surface area contributed by atoms with Crippen molar-refractivity contribution < 1.29 is 24.0 Å². The molecule has 0 saturated heterocycles. The predicted octanol–water partition coefficient (Wildman–Crippen LogP) is 6.82.